The highest BCUT2D eigenvalue weighted by Crippen LogP contribution is 2.39. The van der Waals surface area contributed by atoms with Crippen LogP contribution in [0.2, 0.25) is 0 Å². The number of benzene rings is 1. The third-order valence-electron chi connectivity index (χ3n) is 4.43. The van der Waals surface area contributed by atoms with Gasteiger partial charge in [0.1, 0.15) is 5.75 Å². The Morgan fingerprint density at radius 3 is 2.60 bits per heavy atom. The molecule has 0 aliphatic carbocycles. The number of nitrogens with two attached hydrogens (primary N) is 1. The number of nitrogens with zero attached hydrogens (tertiary/aromatic N) is 1. The number of hydrogen-bond acceptors (Lipinski definition) is 3. The molecule has 1 aliphatic rings. The van der Waals surface area contributed by atoms with E-state index in [1.165, 1.54) is 12.0 Å². The summed E-state index contributed by atoms with van der Waals surface area (Å²) in [5.74, 6) is 0.950. The molecular formula is C17H28N2O. The van der Waals surface area contributed by atoms with E-state index in [0.29, 0.717) is 5.41 Å². The Bertz CT molecular complexity index is 444. The van der Waals surface area contributed by atoms with E-state index in [1.54, 1.807) is 7.11 Å². The van der Waals surface area contributed by atoms with Crippen molar-refractivity contribution in [1.29, 1.82) is 0 Å². The largest absolute Gasteiger partial charge is 0.496 e. The van der Waals surface area contributed by atoms with E-state index in [9.17, 15) is 0 Å². The molecule has 1 saturated heterocycles. The topological polar surface area (TPSA) is 38.5 Å². The Morgan fingerprint density at radius 1 is 1.35 bits per heavy atom. The van der Waals surface area contributed by atoms with Gasteiger partial charge in [0.25, 0.3) is 0 Å². The van der Waals surface area contributed by atoms with Gasteiger partial charge in [0.05, 0.1) is 13.2 Å². The molecule has 0 aromatic heterocycles. The average molecular weight is 276 g/mol. The van der Waals surface area contributed by atoms with Crippen molar-refractivity contribution in [3.63, 3.8) is 0 Å². The SMILES string of the molecule is CCC(N)C(c1ccccc1OC)N1CCC(C)(C)C1. The fraction of sp³-hybridized carbons (Fsp3) is 0.647. The maximum atomic E-state index is 6.44. The molecule has 2 rings (SSSR count). The summed E-state index contributed by atoms with van der Waals surface area (Å²) in [6, 6.07) is 8.67. The van der Waals surface area contributed by atoms with E-state index >= 15 is 0 Å². The number of methoxy groups -OCH3 is 1. The first-order valence-corrected chi connectivity index (χ1v) is 7.61. The van der Waals surface area contributed by atoms with Crippen LogP contribution >= 0.6 is 0 Å². The van der Waals surface area contributed by atoms with Gasteiger partial charge in [-0.3, -0.25) is 4.90 Å². The molecule has 3 heteroatoms. The lowest BCUT2D eigenvalue weighted by molar-refractivity contribution is 0.185. The van der Waals surface area contributed by atoms with Crippen LogP contribution in [0, 0.1) is 5.41 Å². The third-order valence-corrected chi connectivity index (χ3v) is 4.43. The molecule has 1 fully saturated rings. The van der Waals surface area contributed by atoms with Gasteiger partial charge >= 0.3 is 0 Å². The average Bonchev–Trinajstić information content (AvgIpc) is 2.79. The zero-order valence-corrected chi connectivity index (χ0v) is 13.2. The minimum absolute atomic E-state index is 0.139. The zero-order chi connectivity index (χ0) is 14.8. The van der Waals surface area contributed by atoms with Crippen molar-refractivity contribution in [1.82, 2.24) is 4.90 Å². The quantitative estimate of drug-likeness (QED) is 0.897. The van der Waals surface area contributed by atoms with Crippen molar-refractivity contribution in [3.8, 4) is 5.75 Å². The first-order valence-electron chi connectivity index (χ1n) is 7.61. The van der Waals surface area contributed by atoms with Crippen LogP contribution in [0.1, 0.15) is 45.2 Å². The lowest BCUT2D eigenvalue weighted by Crippen LogP contribution is -2.40. The van der Waals surface area contributed by atoms with Crippen molar-refractivity contribution >= 4 is 0 Å². The van der Waals surface area contributed by atoms with Crippen LogP contribution < -0.4 is 10.5 Å². The fourth-order valence-electron chi connectivity index (χ4n) is 3.22. The summed E-state index contributed by atoms with van der Waals surface area (Å²) < 4.78 is 5.55. The first-order chi connectivity index (χ1) is 9.48. The molecule has 0 saturated carbocycles. The van der Waals surface area contributed by atoms with Crippen LogP contribution in [0.5, 0.6) is 5.75 Å². The van der Waals surface area contributed by atoms with Crippen LogP contribution in [-0.4, -0.2) is 31.1 Å². The first kappa shape index (κ1) is 15.3. The molecule has 1 heterocycles. The van der Waals surface area contributed by atoms with E-state index < -0.39 is 0 Å². The molecule has 1 aromatic carbocycles. The third kappa shape index (κ3) is 3.15. The van der Waals surface area contributed by atoms with Gasteiger partial charge in [0.2, 0.25) is 0 Å². The van der Waals surface area contributed by atoms with Crippen molar-refractivity contribution in [2.24, 2.45) is 11.1 Å². The van der Waals surface area contributed by atoms with Gasteiger partial charge in [-0.15, -0.1) is 0 Å². The van der Waals surface area contributed by atoms with Gasteiger partial charge in [-0.1, -0.05) is 39.0 Å². The molecule has 1 aromatic rings. The van der Waals surface area contributed by atoms with Crippen molar-refractivity contribution in [3.05, 3.63) is 29.8 Å². The van der Waals surface area contributed by atoms with E-state index in [2.05, 4.69) is 37.8 Å². The lowest BCUT2D eigenvalue weighted by atomic mass is 9.92. The normalized spacial score (nSPS) is 21.6. The molecule has 0 bridgehead atoms. The van der Waals surface area contributed by atoms with E-state index in [0.717, 1.165) is 25.3 Å². The highest BCUT2D eigenvalue weighted by molar-refractivity contribution is 5.37. The number of ether oxygens (including phenoxy) is 1. The van der Waals surface area contributed by atoms with Crippen LogP contribution in [0.15, 0.2) is 24.3 Å². The van der Waals surface area contributed by atoms with Gasteiger partial charge < -0.3 is 10.5 Å². The summed E-state index contributed by atoms with van der Waals surface area (Å²) in [5.41, 5.74) is 8.05. The highest BCUT2D eigenvalue weighted by atomic mass is 16.5. The number of rotatable bonds is 5. The molecule has 3 nitrogen and oxygen atoms in total. The molecule has 1 aliphatic heterocycles. The van der Waals surface area contributed by atoms with Gasteiger partial charge in [-0.05, 0) is 30.9 Å². The van der Waals surface area contributed by atoms with Gasteiger partial charge in [-0.25, -0.2) is 0 Å². The molecule has 0 radical (unpaired) electrons. The van der Waals surface area contributed by atoms with Crippen LogP contribution in [-0.2, 0) is 0 Å². The minimum atomic E-state index is 0.139. The summed E-state index contributed by atoms with van der Waals surface area (Å²) in [7, 11) is 1.74. The van der Waals surface area contributed by atoms with Crippen LogP contribution in [0.25, 0.3) is 0 Å². The van der Waals surface area contributed by atoms with E-state index in [-0.39, 0.29) is 12.1 Å². The molecule has 2 N–H and O–H groups in total. The molecule has 0 amide bonds. The number of para-hydroxylation sites is 1. The van der Waals surface area contributed by atoms with Crippen molar-refractivity contribution < 1.29 is 4.74 Å². The Hall–Kier alpha value is -1.06. The maximum absolute atomic E-state index is 6.44. The highest BCUT2D eigenvalue weighted by Gasteiger charge is 2.36. The van der Waals surface area contributed by atoms with Gasteiger partial charge in [0.15, 0.2) is 0 Å². The summed E-state index contributed by atoms with van der Waals surface area (Å²) in [6.45, 7) is 9.05. The Kier molecular flexibility index (Phi) is 4.71. The second kappa shape index (κ2) is 6.15. The molecule has 2 unspecified atom stereocenters. The van der Waals surface area contributed by atoms with Gasteiger partial charge in [0, 0.05) is 18.2 Å². The second-order valence-electron chi connectivity index (χ2n) is 6.64. The predicted octanol–water partition coefficient (Wildman–Crippen LogP) is 3.21. The molecule has 20 heavy (non-hydrogen) atoms. The Balaban J connectivity index is 2.33. The van der Waals surface area contributed by atoms with E-state index in [4.69, 9.17) is 10.5 Å². The summed E-state index contributed by atoms with van der Waals surface area (Å²) in [6.07, 6.45) is 2.20. The second-order valence-corrected chi connectivity index (χ2v) is 6.64. The molecule has 0 spiro atoms. The lowest BCUT2D eigenvalue weighted by Gasteiger charge is -2.34. The molecule has 112 valence electrons. The van der Waals surface area contributed by atoms with E-state index in [1.807, 2.05) is 12.1 Å². The monoisotopic (exact) mass is 276 g/mol. The Morgan fingerprint density at radius 2 is 2.05 bits per heavy atom. The van der Waals surface area contributed by atoms with Crippen LogP contribution in [0.4, 0.5) is 0 Å². The smallest absolute Gasteiger partial charge is 0.123 e. The standard InChI is InChI=1S/C17H28N2O/c1-5-14(18)16(19-11-10-17(2,3)12-19)13-8-6-7-9-15(13)20-4/h6-9,14,16H,5,10-12,18H2,1-4H3. The number of likely N-dealkylation sites (tertiary alicyclic amines) is 1. The maximum Gasteiger partial charge on any atom is 0.123 e. The van der Waals surface area contributed by atoms with Crippen molar-refractivity contribution in [2.75, 3.05) is 20.2 Å². The fourth-order valence-corrected chi connectivity index (χ4v) is 3.22. The van der Waals surface area contributed by atoms with Crippen LogP contribution in [0.3, 0.4) is 0 Å². The predicted molar refractivity (Wildman–Crippen MR) is 84.0 cm³/mol. The van der Waals surface area contributed by atoms with Gasteiger partial charge in [-0.2, -0.15) is 0 Å². The summed E-state index contributed by atoms with van der Waals surface area (Å²) >= 11 is 0. The summed E-state index contributed by atoms with van der Waals surface area (Å²) in [4.78, 5) is 2.53. The van der Waals surface area contributed by atoms with Crippen molar-refractivity contribution in [2.45, 2.75) is 45.7 Å². The minimum Gasteiger partial charge on any atom is -0.496 e. The molecule has 2 atom stereocenters. The summed E-state index contributed by atoms with van der Waals surface area (Å²) in [5, 5.41) is 0. The zero-order valence-electron chi connectivity index (χ0n) is 13.2. The Labute approximate surface area is 123 Å². The molecular weight excluding hydrogens is 248 g/mol. The number of hydrogen-bond donors (Lipinski definition) is 1.